The van der Waals surface area contributed by atoms with E-state index in [4.69, 9.17) is 19.2 Å². The molecular formula is C31H36N2O5S. The number of thiophene rings is 1. The molecule has 1 aromatic heterocycles. The largest absolute Gasteiger partial charge is 0.493 e. The number of hydrogen-bond donors (Lipinski definition) is 1. The number of anilines is 1. The van der Waals surface area contributed by atoms with Crippen LogP contribution in [0.1, 0.15) is 70.8 Å². The number of amides is 1. The van der Waals surface area contributed by atoms with Crippen LogP contribution in [0.15, 0.2) is 47.5 Å². The molecule has 0 spiro atoms. The van der Waals surface area contributed by atoms with Gasteiger partial charge in [-0.25, -0.2) is 9.79 Å². The predicted octanol–water partition coefficient (Wildman–Crippen LogP) is 7.10. The molecule has 0 bridgehead atoms. The Labute approximate surface area is 234 Å². The summed E-state index contributed by atoms with van der Waals surface area (Å²) in [6.07, 6.45) is 4.51. The Morgan fingerprint density at radius 3 is 2.49 bits per heavy atom. The van der Waals surface area contributed by atoms with E-state index in [2.05, 4.69) is 26.1 Å². The predicted molar refractivity (Wildman–Crippen MR) is 156 cm³/mol. The molecule has 1 atom stereocenters. The summed E-state index contributed by atoms with van der Waals surface area (Å²) in [5, 5.41) is 3.68. The molecule has 0 saturated heterocycles. The molecule has 1 amide bonds. The average Bonchev–Trinajstić information content (AvgIpc) is 3.29. The quantitative estimate of drug-likeness (QED) is 0.240. The maximum atomic E-state index is 13.7. The normalized spacial score (nSPS) is 15.1. The van der Waals surface area contributed by atoms with Crippen molar-refractivity contribution < 1.29 is 23.8 Å². The molecule has 4 rings (SSSR count). The van der Waals surface area contributed by atoms with E-state index < -0.39 is 0 Å². The fourth-order valence-electron chi connectivity index (χ4n) is 4.88. The number of para-hydroxylation sites is 1. The number of nitrogens with zero attached hydrogens (tertiary/aromatic N) is 1. The van der Waals surface area contributed by atoms with E-state index in [1.807, 2.05) is 18.2 Å². The lowest BCUT2D eigenvalue weighted by molar-refractivity contribution is 0.0526. The van der Waals surface area contributed by atoms with Crippen molar-refractivity contribution in [3.8, 4) is 11.5 Å². The van der Waals surface area contributed by atoms with Gasteiger partial charge < -0.3 is 19.5 Å². The number of esters is 1. The molecule has 0 aliphatic heterocycles. The number of carbonyl (C=O) groups is 2. The van der Waals surface area contributed by atoms with Gasteiger partial charge >= 0.3 is 5.97 Å². The number of nitrogens with one attached hydrogen (secondary N) is 1. The van der Waals surface area contributed by atoms with Crippen LogP contribution in [0.25, 0.3) is 0 Å². The van der Waals surface area contributed by atoms with Crippen LogP contribution < -0.4 is 14.8 Å². The third kappa shape index (κ3) is 6.33. The van der Waals surface area contributed by atoms with E-state index >= 15 is 0 Å². The van der Waals surface area contributed by atoms with Crippen molar-refractivity contribution in [1.29, 1.82) is 0 Å². The van der Waals surface area contributed by atoms with Gasteiger partial charge in [-0.15, -0.1) is 11.3 Å². The van der Waals surface area contributed by atoms with Gasteiger partial charge in [-0.3, -0.25) is 4.79 Å². The second-order valence-corrected chi connectivity index (χ2v) is 11.7. The highest BCUT2D eigenvalue weighted by Gasteiger charge is 2.33. The second kappa shape index (κ2) is 12.0. The number of fused-ring (bicyclic) bond motifs is 1. The minimum absolute atomic E-state index is 0.183. The first-order valence-electron chi connectivity index (χ1n) is 13.1. The third-order valence-electron chi connectivity index (χ3n) is 7.11. The number of benzene rings is 2. The maximum absolute atomic E-state index is 13.7. The summed E-state index contributed by atoms with van der Waals surface area (Å²) in [7, 11) is 3.19. The average molecular weight is 549 g/mol. The van der Waals surface area contributed by atoms with Gasteiger partial charge in [0.15, 0.2) is 11.5 Å². The number of hydrogen-bond acceptors (Lipinski definition) is 7. The Morgan fingerprint density at radius 1 is 1.10 bits per heavy atom. The van der Waals surface area contributed by atoms with E-state index in [-0.39, 0.29) is 17.3 Å². The van der Waals surface area contributed by atoms with Gasteiger partial charge in [0.05, 0.1) is 32.0 Å². The highest BCUT2D eigenvalue weighted by Crippen LogP contribution is 2.45. The zero-order valence-electron chi connectivity index (χ0n) is 23.4. The van der Waals surface area contributed by atoms with Crippen molar-refractivity contribution in [2.24, 2.45) is 16.3 Å². The lowest BCUT2D eigenvalue weighted by Crippen LogP contribution is -2.27. The monoisotopic (exact) mass is 548 g/mol. The topological polar surface area (TPSA) is 86.2 Å². The second-order valence-electron chi connectivity index (χ2n) is 10.6. The molecule has 3 aromatic rings. The van der Waals surface area contributed by atoms with Crippen LogP contribution in [-0.2, 0) is 17.6 Å². The summed E-state index contributed by atoms with van der Waals surface area (Å²) in [4.78, 5) is 31.7. The van der Waals surface area contributed by atoms with Gasteiger partial charge in [-0.1, -0.05) is 26.8 Å². The SMILES string of the molecule is CCOC(=O)c1ccc(NC(=O)c2c(/N=C\c3cccc(OC)c3OC)sc3c2CCC(C(C)(C)C)C3)cc1. The maximum Gasteiger partial charge on any atom is 0.338 e. The molecule has 0 radical (unpaired) electrons. The Balaban J connectivity index is 1.68. The first-order valence-corrected chi connectivity index (χ1v) is 14.0. The smallest absolute Gasteiger partial charge is 0.338 e. The van der Waals surface area contributed by atoms with Crippen LogP contribution in [0.5, 0.6) is 11.5 Å². The minimum Gasteiger partial charge on any atom is -0.493 e. The summed E-state index contributed by atoms with van der Waals surface area (Å²) in [5.41, 5.74) is 3.66. The summed E-state index contributed by atoms with van der Waals surface area (Å²) in [6, 6.07) is 12.3. The van der Waals surface area contributed by atoms with Gasteiger partial charge in [0.1, 0.15) is 5.00 Å². The van der Waals surface area contributed by atoms with Crippen LogP contribution >= 0.6 is 11.3 Å². The summed E-state index contributed by atoms with van der Waals surface area (Å²) < 4.78 is 16.0. The highest BCUT2D eigenvalue weighted by atomic mass is 32.1. The first kappa shape index (κ1) is 28.4. The van der Waals surface area contributed by atoms with Crippen LogP contribution in [0.4, 0.5) is 10.7 Å². The highest BCUT2D eigenvalue weighted by molar-refractivity contribution is 7.16. The zero-order chi connectivity index (χ0) is 28.2. The fourth-order valence-corrected chi connectivity index (χ4v) is 6.14. The number of methoxy groups -OCH3 is 2. The molecule has 1 heterocycles. The molecule has 7 nitrogen and oxygen atoms in total. The molecule has 8 heteroatoms. The molecule has 1 aliphatic carbocycles. The number of carbonyl (C=O) groups excluding carboxylic acids is 2. The van der Waals surface area contributed by atoms with E-state index in [0.717, 1.165) is 30.4 Å². The lowest BCUT2D eigenvalue weighted by Gasteiger charge is -2.33. The van der Waals surface area contributed by atoms with E-state index in [0.29, 0.717) is 45.8 Å². The van der Waals surface area contributed by atoms with Crippen LogP contribution in [0.2, 0.25) is 0 Å². The number of rotatable bonds is 8. The third-order valence-corrected chi connectivity index (χ3v) is 8.27. The molecule has 2 aromatic carbocycles. The number of ether oxygens (including phenoxy) is 3. The van der Waals surface area contributed by atoms with Crippen molar-refractivity contribution in [1.82, 2.24) is 0 Å². The van der Waals surface area contributed by atoms with Gasteiger partial charge in [-0.2, -0.15) is 0 Å². The van der Waals surface area contributed by atoms with Gasteiger partial charge in [-0.05, 0) is 79.5 Å². The Bertz CT molecular complexity index is 1370. The minimum atomic E-state index is -0.389. The Morgan fingerprint density at radius 2 is 1.85 bits per heavy atom. The van der Waals surface area contributed by atoms with Gasteiger partial charge in [0.2, 0.25) is 0 Å². The molecule has 1 aliphatic rings. The molecule has 39 heavy (non-hydrogen) atoms. The van der Waals surface area contributed by atoms with Crippen LogP contribution in [-0.4, -0.2) is 38.9 Å². The van der Waals surface area contributed by atoms with E-state index in [9.17, 15) is 9.59 Å². The summed E-state index contributed by atoms with van der Waals surface area (Å²) in [6.45, 7) is 8.90. The van der Waals surface area contributed by atoms with E-state index in [1.165, 1.54) is 4.88 Å². The van der Waals surface area contributed by atoms with Crippen molar-refractivity contribution in [2.45, 2.75) is 47.0 Å². The standard InChI is InChI=1S/C31H36N2O5S/c1-7-38-30(35)19-11-14-22(15-12-19)33-28(34)26-23-16-13-21(31(2,3)4)17-25(23)39-29(26)32-18-20-9-8-10-24(36-5)27(20)37-6/h8-12,14-15,18,21H,7,13,16-17H2,1-6H3,(H,33,34)/b32-18-. The van der Waals surface area contributed by atoms with Crippen molar-refractivity contribution in [3.05, 3.63) is 69.6 Å². The molecular weight excluding hydrogens is 512 g/mol. The Kier molecular flexibility index (Phi) is 8.75. The molecule has 0 fully saturated rings. The van der Waals surface area contributed by atoms with Crippen molar-refractivity contribution in [3.63, 3.8) is 0 Å². The lowest BCUT2D eigenvalue weighted by atomic mass is 9.72. The molecule has 1 N–H and O–H groups in total. The summed E-state index contributed by atoms with van der Waals surface area (Å²) in [5.74, 6) is 1.13. The molecule has 1 unspecified atom stereocenters. The van der Waals surface area contributed by atoms with E-state index in [1.54, 1.807) is 63.0 Å². The van der Waals surface area contributed by atoms with Gasteiger partial charge in [0.25, 0.3) is 5.91 Å². The molecule has 0 saturated carbocycles. The van der Waals surface area contributed by atoms with Crippen molar-refractivity contribution in [2.75, 3.05) is 26.1 Å². The van der Waals surface area contributed by atoms with Crippen molar-refractivity contribution >= 4 is 40.1 Å². The first-order chi connectivity index (χ1) is 18.7. The zero-order valence-corrected chi connectivity index (χ0v) is 24.2. The Hall–Kier alpha value is -3.65. The fraction of sp³-hybridized carbons (Fsp3) is 0.387. The molecule has 206 valence electrons. The number of aliphatic imine (C=N–C) groups is 1. The van der Waals surface area contributed by atoms with Crippen LogP contribution in [0, 0.1) is 11.3 Å². The summed E-state index contributed by atoms with van der Waals surface area (Å²) >= 11 is 1.58. The van der Waals surface area contributed by atoms with Gasteiger partial charge in [0, 0.05) is 22.3 Å². The van der Waals surface area contributed by atoms with Crippen LogP contribution in [0.3, 0.4) is 0 Å².